The Bertz CT molecular complexity index is 871. The summed E-state index contributed by atoms with van der Waals surface area (Å²) in [6.45, 7) is 2.04. The van der Waals surface area contributed by atoms with Crippen molar-refractivity contribution in [2.75, 3.05) is 26.9 Å². The van der Waals surface area contributed by atoms with Crippen LogP contribution in [0.4, 0.5) is 4.79 Å². The number of carbonyl (C=O) groups is 1. The topological polar surface area (TPSA) is 68.2 Å². The predicted molar refractivity (Wildman–Crippen MR) is 117 cm³/mol. The smallest absolute Gasteiger partial charge is 0.410 e. The van der Waals surface area contributed by atoms with Crippen molar-refractivity contribution in [2.45, 2.75) is 44.4 Å². The first-order valence-electron chi connectivity index (χ1n) is 10.9. The lowest BCUT2D eigenvalue weighted by Crippen LogP contribution is -2.48. The van der Waals surface area contributed by atoms with Crippen LogP contribution < -0.4 is 4.74 Å². The Morgan fingerprint density at radius 1 is 1.06 bits per heavy atom. The van der Waals surface area contributed by atoms with E-state index >= 15 is 0 Å². The molecule has 1 saturated carbocycles. The number of benzene rings is 2. The van der Waals surface area contributed by atoms with Crippen molar-refractivity contribution in [2.24, 2.45) is 5.41 Å². The molecule has 2 aliphatic rings. The molecule has 31 heavy (non-hydrogen) atoms. The van der Waals surface area contributed by atoms with Crippen molar-refractivity contribution in [3.63, 3.8) is 0 Å². The Morgan fingerprint density at radius 2 is 1.84 bits per heavy atom. The summed E-state index contributed by atoms with van der Waals surface area (Å²) in [6, 6.07) is 17.8. The lowest BCUT2D eigenvalue weighted by atomic mass is 9.68. The summed E-state index contributed by atoms with van der Waals surface area (Å²) in [5.74, 6) is 0.791. The van der Waals surface area contributed by atoms with Crippen molar-refractivity contribution in [3.8, 4) is 5.75 Å². The van der Waals surface area contributed by atoms with Gasteiger partial charge in [0.05, 0.1) is 33.5 Å². The molecular weight excluding hydrogens is 394 g/mol. The molecule has 4 rings (SSSR count). The van der Waals surface area contributed by atoms with Crippen molar-refractivity contribution in [1.82, 2.24) is 4.90 Å². The Balaban J connectivity index is 1.39. The van der Waals surface area contributed by atoms with Gasteiger partial charge in [-0.25, -0.2) is 4.79 Å². The van der Waals surface area contributed by atoms with Gasteiger partial charge in [-0.15, -0.1) is 0 Å². The summed E-state index contributed by atoms with van der Waals surface area (Å²) >= 11 is 0. The zero-order valence-corrected chi connectivity index (χ0v) is 18.1. The average molecular weight is 426 g/mol. The SMILES string of the molecule is COc1ccc(CN2C[C@@]3(CCC[C@@](CO)(COCc4ccccc4)C3)OC2=O)cc1. The maximum atomic E-state index is 12.7. The second-order valence-electron chi connectivity index (χ2n) is 8.92. The summed E-state index contributed by atoms with van der Waals surface area (Å²) in [6.07, 6.45) is 2.93. The first-order valence-corrected chi connectivity index (χ1v) is 10.9. The van der Waals surface area contributed by atoms with Crippen LogP contribution in [-0.2, 0) is 22.6 Å². The molecular formula is C25H31NO5. The first kappa shape index (κ1) is 21.7. The number of aliphatic hydroxyl groups excluding tert-OH is 1. The molecule has 0 unspecified atom stereocenters. The van der Waals surface area contributed by atoms with E-state index in [1.54, 1.807) is 12.0 Å². The molecule has 0 aromatic heterocycles. The Morgan fingerprint density at radius 3 is 2.55 bits per heavy atom. The van der Waals surface area contributed by atoms with Crippen molar-refractivity contribution in [3.05, 3.63) is 65.7 Å². The van der Waals surface area contributed by atoms with Gasteiger partial charge < -0.3 is 19.3 Å². The van der Waals surface area contributed by atoms with Crippen LogP contribution >= 0.6 is 0 Å². The molecule has 166 valence electrons. The van der Waals surface area contributed by atoms with E-state index in [4.69, 9.17) is 14.2 Å². The Hall–Kier alpha value is -2.57. The van der Waals surface area contributed by atoms with E-state index < -0.39 is 5.60 Å². The van der Waals surface area contributed by atoms with Gasteiger partial charge in [0, 0.05) is 12.0 Å². The highest BCUT2D eigenvalue weighted by Crippen LogP contribution is 2.46. The highest BCUT2D eigenvalue weighted by atomic mass is 16.6. The van der Waals surface area contributed by atoms with Gasteiger partial charge in [-0.05, 0) is 48.9 Å². The van der Waals surface area contributed by atoms with Crippen LogP contribution in [-0.4, -0.2) is 48.6 Å². The van der Waals surface area contributed by atoms with Crippen LogP contribution in [0.5, 0.6) is 5.75 Å². The fraction of sp³-hybridized carbons (Fsp3) is 0.480. The molecule has 2 aromatic carbocycles. The monoisotopic (exact) mass is 425 g/mol. The van der Waals surface area contributed by atoms with Gasteiger partial charge in [0.15, 0.2) is 0 Å². The van der Waals surface area contributed by atoms with Gasteiger partial charge in [0.25, 0.3) is 0 Å². The molecule has 1 amide bonds. The number of methoxy groups -OCH3 is 1. The number of hydrogen-bond acceptors (Lipinski definition) is 5. The lowest BCUT2D eigenvalue weighted by Gasteiger charge is -2.43. The van der Waals surface area contributed by atoms with Crippen LogP contribution in [0, 0.1) is 5.41 Å². The van der Waals surface area contributed by atoms with Gasteiger partial charge in [-0.1, -0.05) is 42.5 Å². The summed E-state index contributed by atoms with van der Waals surface area (Å²) < 4.78 is 17.1. The van der Waals surface area contributed by atoms with Crippen LogP contribution in [0.15, 0.2) is 54.6 Å². The number of aliphatic hydroxyl groups is 1. The molecule has 1 aliphatic heterocycles. The standard InChI is InChI=1S/C25H31NO5/c1-29-22-10-8-20(9-11-22)14-26-17-25(31-23(26)28)13-5-12-24(16-25,18-27)19-30-15-21-6-3-2-4-7-21/h2-4,6-11,27H,5,12-19H2,1H3/t24-,25+/m1/s1. The third-order valence-corrected chi connectivity index (χ3v) is 6.47. The minimum absolute atomic E-state index is 0.0274. The maximum absolute atomic E-state index is 12.7. The average Bonchev–Trinajstić information content (AvgIpc) is 3.08. The Kier molecular flexibility index (Phi) is 6.49. The second kappa shape index (κ2) is 9.28. The summed E-state index contributed by atoms with van der Waals surface area (Å²) in [4.78, 5) is 14.4. The molecule has 1 spiro atoms. The van der Waals surface area contributed by atoms with Crippen LogP contribution in [0.3, 0.4) is 0 Å². The fourth-order valence-electron chi connectivity index (χ4n) is 4.90. The van der Waals surface area contributed by atoms with Gasteiger partial charge >= 0.3 is 6.09 Å². The van der Waals surface area contributed by atoms with E-state index in [1.807, 2.05) is 54.6 Å². The van der Waals surface area contributed by atoms with Crippen molar-refractivity contribution < 1.29 is 24.1 Å². The van der Waals surface area contributed by atoms with Crippen LogP contribution in [0.25, 0.3) is 0 Å². The molecule has 2 atom stereocenters. The predicted octanol–water partition coefficient (Wildman–Crippen LogP) is 4.16. The number of hydrogen-bond donors (Lipinski definition) is 1. The van der Waals surface area contributed by atoms with Crippen LogP contribution in [0.1, 0.15) is 36.8 Å². The quantitative estimate of drug-likeness (QED) is 0.688. The minimum Gasteiger partial charge on any atom is -0.497 e. The van der Waals surface area contributed by atoms with E-state index in [0.29, 0.717) is 32.7 Å². The third kappa shape index (κ3) is 5.02. The van der Waals surface area contributed by atoms with Crippen molar-refractivity contribution in [1.29, 1.82) is 0 Å². The molecule has 1 aliphatic carbocycles. The molecule has 6 heteroatoms. The zero-order chi connectivity index (χ0) is 21.7. The summed E-state index contributed by atoms with van der Waals surface area (Å²) in [5, 5.41) is 10.3. The third-order valence-electron chi connectivity index (χ3n) is 6.47. The molecule has 1 N–H and O–H groups in total. The van der Waals surface area contributed by atoms with Gasteiger partial charge in [-0.2, -0.15) is 0 Å². The van der Waals surface area contributed by atoms with E-state index in [2.05, 4.69) is 0 Å². The van der Waals surface area contributed by atoms with Crippen molar-refractivity contribution >= 4 is 6.09 Å². The normalized spacial score (nSPS) is 25.6. The van der Waals surface area contributed by atoms with E-state index in [1.165, 1.54) is 0 Å². The number of ether oxygens (including phenoxy) is 3. The van der Waals surface area contributed by atoms with E-state index in [9.17, 15) is 9.90 Å². The number of carbonyl (C=O) groups excluding carboxylic acids is 1. The van der Waals surface area contributed by atoms with Gasteiger partial charge in [-0.3, -0.25) is 4.90 Å². The number of amides is 1. The van der Waals surface area contributed by atoms with Gasteiger partial charge in [0.1, 0.15) is 11.4 Å². The molecule has 1 saturated heterocycles. The minimum atomic E-state index is -0.555. The molecule has 6 nitrogen and oxygen atoms in total. The molecule has 2 fully saturated rings. The highest BCUT2D eigenvalue weighted by molar-refractivity contribution is 5.70. The largest absolute Gasteiger partial charge is 0.497 e. The maximum Gasteiger partial charge on any atom is 0.410 e. The summed E-state index contributed by atoms with van der Waals surface area (Å²) in [7, 11) is 1.64. The Labute approximate surface area is 183 Å². The van der Waals surface area contributed by atoms with E-state index in [-0.39, 0.29) is 18.1 Å². The first-order chi connectivity index (χ1) is 15.1. The molecule has 0 bridgehead atoms. The molecule has 2 aromatic rings. The van der Waals surface area contributed by atoms with Crippen LogP contribution in [0.2, 0.25) is 0 Å². The fourth-order valence-corrected chi connectivity index (χ4v) is 4.90. The van der Waals surface area contributed by atoms with Gasteiger partial charge in [0.2, 0.25) is 0 Å². The lowest BCUT2D eigenvalue weighted by molar-refractivity contribution is -0.0871. The highest BCUT2D eigenvalue weighted by Gasteiger charge is 2.52. The zero-order valence-electron chi connectivity index (χ0n) is 18.1. The van der Waals surface area contributed by atoms with E-state index in [0.717, 1.165) is 36.1 Å². The second-order valence-corrected chi connectivity index (χ2v) is 8.92. The molecule has 0 radical (unpaired) electrons. The summed E-state index contributed by atoms with van der Waals surface area (Å²) in [5.41, 5.74) is 1.20. The molecule has 1 heterocycles. The number of rotatable bonds is 8. The number of nitrogens with zero attached hydrogens (tertiary/aromatic N) is 1.